The maximum Gasteiger partial charge on any atom is 0.161 e. The van der Waals surface area contributed by atoms with Crippen LogP contribution >= 0.6 is 0 Å². The van der Waals surface area contributed by atoms with Crippen LogP contribution in [0, 0.1) is 0 Å². The number of hydrogen-bond donors (Lipinski definition) is 0. The van der Waals surface area contributed by atoms with E-state index in [1.165, 1.54) is 0 Å². The van der Waals surface area contributed by atoms with Crippen molar-refractivity contribution in [2.75, 3.05) is 0 Å². The second-order valence-corrected chi connectivity index (χ2v) is 14.0. The minimum atomic E-state index is 0.702. The summed E-state index contributed by atoms with van der Waals surface area (Å²) < 4.78 is 9.31. The Bertz CT molecular complexity index is 3150. The summed E-state index contributed by atoms with van der Waals surface area (Å²) in [7, 11) is 0. The smallest absolute Gasteiger partial charge is 0.161 e. The molecule has 0 amide bonds. The van der Waals surface area contributed by atoms with Crippen LogP contribution in [0.2, 0.25) is 0 Å². The molecule has 0 radical (unpaired) electrons. The van der Waals surface area contributed by atoms with E-state index in [1.807, 2.05) is 48.5 Å². The molecule has 0 aliphatic rings. The van der Waals surface area contributed by atoms with Crippen molar-refractivity contribution >= 4 is 43.9 Å². The molecule has 0 aliphatic carbocycles. The van der Waals surface area contributed by atoms with E-state index in [9.17, 15) is 0 Å². The summed E-state index contributed by atoms with van der Waals surface area (Å²) >= 11 is 0. The van der Waals surface area contributed by atoms with Gasteiger partial charge in [-0.1, -0.05) is 152 Å². The molecule has 11 rings (SSSR count). The summed E-state index contributed by atoms with van der Waals surface area (Å²) in [5.41, 5.74) is 14.7. The lowest BCUT2D eigenvalue weighted by Gasteiger charge is -2.12. The molecule has 4 heterocycles. The fourth-order valence-corrected chi connectivity index (χ4v) is 7.93. The van der Waals surface area contributed by atoms with Crippen molar-refractivity contribution in [3.05, 3.63) is 194 Å². The minimum absolute atomic E-state index is 0.702. The SMILES string of the molecule is c1ccc(-c2cc(-c3ccc(-c4ccc5c6oc7c8ccccc8nc(-c8ccccc8)c7c6n(-c6ccccc6)c5c4)cc3)nc(-c3ccccc3)n2)cc1. The van der Waals surface area contributed by atoms with Gasteiger partial charge in [0.25, 0.3) is 0 Å². The first-order valence-corrected chi connectivity index (χ1v) is 18.8. The van der Waals surface area contributed by atoms with E-state index in [1.54, 1.807) is 0 Å². The first-order chi connectivity index (χ1) is 27.8. The molecule has 4 aromatic heterocycles. The summed E-state index contributed by atoms with van der Waals surface area (Å²) in [5, 5.41) is 3.05. The molecule has 56 heavy (non-hydrogen) atoms. The van der Waals surface area contributed by atoms with Gasteiger partial charge in [-0.25, -0.2) is 15.0 Å². The zero-order valence-corrected chi connectivity index (χ0v) is 30.2. The van der Waals surface area contributed by atoms with E-state index in [4.69, 9.17) is 19.4 Å². The molecule has 0 unspecified atom stereocenters. The Labute approximate surface area is 322 Å². The van der Waals surface area contributed by atoms with Gasteiger partial charge in [-0.2, -0.15) is 0 Å². The first kappa shape index (κ1) is 31.9. The lowest BCUT2D eigenvalue weighted by molar-refractivity contribution is 0.676. The van der Waals surface area contributed by atoms with Crippen LogP contribution in [0.1, 0.15) is 0 Å². The number of hydrogen-bond acceptors (Lipinski definition) is 4. The molecule has 0 saturated carbocycles. The summed E-state index contributed by atoms with van der Waals surface area (Å²) in [4.78, 5) is 15.3. The quantitative estimate of drug-likeness (QED) is 0.172. The molecule has 262 valence electrons. The first-order valence-electron chi connectivity index (χ1n) is 18.8. The lowest BCUT2D eigenvalue weighted by atomic mass is 10.0. The van der Waals surface area contributed by atoms with E-state index < -0.39 is 0 Å². The highest BCUT2D eigenvalue weighted by atomic mass is 16.3. The second kappa shape index (κ2) is 13.0. The third-order valence-corrected chi connectivity index (χ3v) is 10.6. The highest BCUT2D eigenvalue weighted by molar-refractivity contribution is 6.24. The molecule has 0 aliphatic heterocycles. The fraction of sp³-hybridized carbons (Fsp3) is 0. The fourth-order valence-electron chi connectivity index (χ4n) is 7.93. The van der Waals surface area contributed by atoms with Gasteiger partial charge in [-0.05, 0) is 53.6 Å². The Kier molecular flexibility index (Phi) is 7.42. The van der Waals surface area contributed by atoms with Crippen molar-refractivity contribution in [1.29, 1.82) is 0 Å². The van der Waals surface area contributed by atoms with Gasteiger partial charge in [-0.3, -0.25) is 0 Å². The van der Waals surface area contributed by atoms with Crippen LogP contribution in [0.25, 0.3) is 106 Å². The number of para-hydroxylation sites is 2. The van der Waals surface area contributed by atoms with Gasteiger partial charge in [0.1, 0.15) is 11.1 Å². The van der Waals surface area contributed by atoms with E-state index in [0.29, 0.717) is 5.82 Å². The highest BCUT2D eigenvalue weighted by Crippen LogP contribution is 2.45. The zero-order chi connectivity index (χ0) is 37.0. The Balaban J connectivity index is 1.08. The van der Waals surface area contributed by atoms with Gasteiger partial charge in [0, 0.05) is 38.7 Å². The molecule has 7 aromatic carbocycles. The minimum Gasteiger partial charge on any atom is -0.453 e. The van der Waals surface area contributed by atoms with Crippen molar-refractivity contribution in [2.24, 2.45) is 0 Å². The Hall–Kier alpha value is -7.63. The summed E-state index contributed by atoms with van der Waals surface area (Å²) in [6, 6.07) is 67.1. The van der Waals surface area contributed by atoms with E-state index in [0.717, 1.165) is 100 Å². The molecule has 5 nitrogen and oxygen atoms in total. The van der Waals surface area contributed by atoms with Crippen LogP contribution in [0.15, 0.2) is 199 Å². The number of pyridine rings is 1. The summed E-state index contributed by atoms with van der Waals surface area (Å²) in [5.74, 6) is 0.702. The van der Waals surface area contributed by atoms with Crippen LogP contribution in [-0.4, -0.2) is 19.5 Å². The Morgan fingerprint density at radius 1 is 0.393 bits per heavy atom. The molecule has 0 spiro atoms. The molecular weight excluding hydrogens is 685 g/mol. The van der Waals surface area contributed by atoms with Gasteiger partial charge >= 0.3 is 0 Å². The van der Waals surface area contributed by atoms with Crippen molar-refractivity contribution in [3.8, 4) is 62.0 Å². The van der Waals surface area contributed by atoms with Crippen molar-refractivity contribution in [3.63, 3.8) is 0 Å². The predicted molar refractivity (Wildman–Crippen MR) is 229 cm³/mol. The second-order valence-electron chi connectivity index (χ2n) is 14.0. The maximum atomic E-state index is 6.96. The summed E-state index contributed by atoms with van der Waals surface area (Å²) in [6.07, 6.45) is 0. The molecule has 0 atom stereocenters. The number of furan rings is 1. The standard InChI is InChI=1S/C51H32N4O/c1-5-15-34(16-6-1)43-32-44(54-51(53-43)37-19-9-3-10-20-37)35-27-25-33(26-28-35)38-29-30-41-45(31-38)55(39-21-11-4-12-22-39)48-46-47(36-17-7-2-8-18-36)52-42-24-14-13-23-40(42)49(46)56-50(41)48/h1-32H. The van der Waals surface area contributed by atoms with Gasteiger partial charge in [0.15, 0.2) is 11.4 Å². The number of aromatic nitrogens is 4. The van der Waals surface area contributed by atoms with Crippen molar-refractivity contribution < 1.29 is 4.42 Å². The Morgan fingerprint density at radius 2 is 0.946 bits per heavy atom. The molecule has 0 bridgehead atoms. The van der Waals surface area contributed by atoms with Gasteiger partial charge in [-0.15, -0.1) is 0 Å². The third-order valence-electron chi connectivity index (χ3n) is 10.6. The largest absolute Gasteiger partial charge is 0.453 e. The third kappa shape index (κ3) is 5.29. The van der Waals surface area contributed by atoms with E-state index >= 15 is 0 Å². The van der Waals surface area contributed by atoms with Gasteiger partial charge in [0.2, 0.25) is 0 Å². The zero-order valence-electron chi connectivity index (χ0n) is 30.2. The molecule has 0 saturated heterocycles. The average Bonchev–Trinajstić information content (AvgIpc) is 3.82. The van der Waals surface area contributed by atoms with Crippen LogP contribution in [0.4, 0.5) is 0 Å². The van der Waals surface area contributed by atoms with Crippen molar-refractivity contribution in [2.45, 2.75) is 0 Å². The molecule has 0 fully saturated rings. The van der Waals surface area contributed by atoms with Crippen LogP contribution in [-0.2, 0) is 0 Å². The number of benzene rings is 7. The van der Waals surface area contributed by atoms with Crippen molar-refractivity contribution in [1.82, 2.24) is 19.5 Å². The van der Waals surface area contributed by atoms with Gasteiger partial charge < -0.3 is 8.98 Å². The molecular formula is C51H32N4O. The van der Waals surface area contributed by atoms with Gasteiger partial charge in [0.05, 0.1) is 33.5 Å². The predicted octanol–water partition coefficient (Wildman–Crippen LogP) is 13.2. The number of nitrogens with zero attached hydrogens (tertiary/aromatic N) is 4. The normalized spacial score (nSPS) is 11.6. The van der Waals surface area contributed by atoms with E-state index in [2.05, 4.69) is 150 Å². The number of fused-ring (bicyclic) bond motifs is 7. The average molecular weight is 717 g/mol. The number of rotatable bonds is 6. The van der Waals surface area contributed by atoms with E-state index in [-0.39, 0.29) is 0 Å². The van der Waals surface area contributed by atoms with Crippen LogP contribution in [0.3, 0.4) is 0 Å². The highest BCUT2D eigenvalue weighted by Gasteiger charge is 2.25. The molecule has 11 aromatic rings. The summed E-state index contributed by atoms with van der Waals surface area (Å²) in [6.45, 7) is 0. The molecule has 5 heteroatoms. The lowest BCUT2D eigenvalue weighted by Crippen LogP contribution is -1.96. The topological polar surface area (TPSA) is 56.7 Å². The maximum absolute atomic E-state index is 6.96. The monoisotopic (exact) mass is 716 g/mol. The van der Waals surface area contributed by atoms with Crippen LogP contribution in [0.5, 0.6) is 0 Å². The Morgan fingerprint density at radius 3 is 1.64 bits per heavy atom. The van der Waals surface area contributed by atoms with Crippen LogP contribution < -0.4 is 0 Å². The molecule has 0 N–H and O–H groups in total.